The van der Waals surface area contributed by atoms with Gasteiger partial charge in [-0.15, -0.1) is 0 Å². The summed E-state index contributed by atoms with van der Waals surface area (Å²) in [4.78, 5) is 0. The first kappa shape index (κ1) is 10.1. The van der Waals surface area contributed by atoms with E-state index in [0.717, 1.165) is 0 Å². The van der Waals surface area contributed by atoms with Gasteiger partial charge in [-0.25, -0.2) is 0 Å². The Kier molecular flexibility index (Phi) is 5.43. The molecule has 11 heavy (non-hydrogen) atoms. The molecule has 2 nitrogen and oxygen atoms in total. The Balaban J connectivity index is 0.000000461. The molecule has 0 spiro atoms. The Hall–Kier alpha value is -0.860. The van der Waals surface area contributed by atoms with Crippen molar-refractivity contribution in [1.29, 1.82) is 0 Å². The third-order valence-corrected chi connectivity index (χ3v) is 1.47. The molecule has 1 rings (SSSR count). The third-order valence-electron chi connectivity index (χ3n) is 1.47. The monoisotopic (exact) mass is 152 g/mol. The van der Waals surface area contributed by atoms with E-state index in [1.807, 2.05) is 6.07 Å². The van der Waals surface area contributed by atoms with Crippen LogP contribution in [0.1, 0.15) is 25.3 Å². The molecule has 0 saturated heterocycles. The summed E-state index contributed by atoms with van der Waals surface area (Å²) in [7, 11) is 0. The molecule has 0 radical (unpaired) electrons. The van der Waals surface area contributed by atoms with Gasteiger partial charge in [-0.05, 0) is 11.5 Å². The molecule has 4 N–H and O–H groups in total. The van der Waals surface area contributed by atoms with Crippen LogP contribution in [0.15, 0.2) is 30.3 Å². The second kappa shape index (κ2) is 5.89. The summed E-state index contributed by atoms with van der Waals surface area (Å²) in [6, 6.07) is 10.5. The van der Waals surface area contributed by atoms with Crippen molar-refractivity contribution in [2.75, 3.05) is 0 Å². The molecule has 62 valence electrons. The van der Waals surface area contributed by atoms with E-state index in [1.54, 1.807) is 0 Å². The van der Waals surface area contributed by atoms with Gasteiger partial charge >= 0.3 is 0 Å². The van der Waals surface area contributed by atoms with Crippen LogP contribution in [0.25, 0.3) is 0 Å². The van der Waals surface area contributed by atoms with Gasteiger partial charge in [0, 0.05) is 0 Å². The molecular weight excluding hydrogens is 136 g/mol. The van der Waals surface area contributed by atoms with Crippen LogP contribution in [0.2, 0.25) is 0 Å². The lowest BCUT2D eigenvalue weighted by Crippen LogP contribution is -2.02. The van der Waals surface area contributed by atoms with Crippen molar-refractivity contribution < 1.29 is 0 Å². The molecule has 1 aromatic carbocycles. The van der Waals surface area contributed by atoms with Gasteiger partial charge in [0.1, 0.15) is 0 Å². The minimum absolute atomic E-state index is 0.659. The summed E-state index contributed by atoms with van der Waals surface area (Å²) in [5.41, 5.74) is 1.41. The van der Waals surface area contributed by atoms with Crippen LogP contribution in [0.4, 0.5) is 0 Å². The van der Waals surface area contributed by atoms with Gasteiger partial charge in [-0.2, -0.15) is 0 Å². The topological polar surface area (TPSA) is 52.0 Å². The Labute approximate surface area is 68.2 Å². The van der Waals surface area contributed by atoms with Gasteiger partial charge in [0.2, 0.25) is 0 Å². The van der Waals surface area contributed by atoms with Crippen molar-refractivity contribution in [2.45, 2.75) is 19.8 Å². The molecule has 0 bridgehead atoms. The van der Waals surface area contributed by atoms with Crippen LogP contribution in [-0.2, 0) is 0 Å². The lowest BCUT2D eigenvalue weighted by atomic mass is 10.0. The van der Waals surface area contributed by atoms with Crippen molar-refractivity contribution in [3.8, 4) is 0 Å². The zero-order valence-electron chi connectivity index (χ0n) is 7.12. The van der Waals surface area contributed by atoms with E-state index in [9.17, 15) is 0 Å². The molecule has 2 heteroatoms. The Morgan fingerprint density at radius 3 is 1.73 bits per heavy atom. The smallest absolute Gasteiger partial charge is 0.0219 e. The minimum atomic E-state index is 0.659. The molecule has 0 aliphatic carbocycles. The fraction of sp³-hybridized carbons (Fsp3) is 0.333. The van der Waals surface area contributed by atoms with E-state index in [0.29, 0.717) is 5.92 Å². The Bertz CT molecular complexity index is 170. The average molecular weight is 152 g/mol. The Morgan fingerprint density at radius 2 is 1.45 bits per heavy atom. The number of hydrazine groups is 1. The van der Waals surface area contributed by atoms with Crippen molar-refractivity contribution in [3.63, 3.8) is 0 Å². The zero-order chi connectivity index (χ0) is 8.69. The van der Waals surface area contributed by atoms with Gasteiger partial charge in [0.05, 0.1) is 0 Å². The van der Waals surface area contributed by atoms with Crippen LogP contribution in [0.3, 0.4) is 0 Å². The molecule has 0 aliphatic heterocycles. The minimum Gasteiger partial charge on any atom is -0.274 e. The average Bonchev–Trinajstić information content (AvgIpc) is 2.10. The molecule has 0 atom stereocenters. The number of rotatable bonds is 1. The van der Waals surface area contributed by atoms with Crippen LogP contribution < -0.4 is 11.7 Å². The second-order valence-electron chi connectivity index (χ2n) is 2.57. The van der Waals surface area contributed by atoms with E-state index < -0.39 is 0 Å². The lowest BCUT2D eigenvalue weighted by molar-refractivity contribution is 0.867. The Morgan fingerprint density at radius 1 is 1.00 bits per heavy atom. The molecule has 0 amide bonds. The number of hydrogen-bond donors (Lipinski definition) is 2. The number of hydrogen-bond acceptors (Lipinski definition) is 2. The third kappa shape index (κ3) is 3.75. The van der Waals surface area contributed by atoms with E-state index >= 15 is 0 Å². The molecule has 0 aromatic heterocycles. The molecule has 0 heterocycles. The molecular formula is C9H16N2. The van der Waals surface area contributed by atoms with E-state index in [4.69, 9.17) is 0 Å². The lowest BCUT2D eigenvalue weighted by Gasteiger charge is -2.01. The normalized spacial score (nSPS) is 8.82. The largest absolute Gasteiger partial charge is 0.274 e. The highest BCUT2D eigenvalue weighted by Gasteiger charge is 1.93. The molecule has 0 unspecified atom stereocenters. The number of nitrogens with two attached hydrogens (primary N) is 2. The summed E-state index contributed by atoms with van der Waals surface area (Å²) in [5, 5.41) is 0. The predicted molar refractivity (Wildman–Crippen MR) is 48.9 cm³/mol. The zero-order valence-corrected chi connectivity index (χ0v) is 7.12. The van der Waals surface area contributed by atoms with Gasteiger partial charge in [0.15, 0.2) is 0 Å². The summed E-state index contributed by atoms with van der Waals surface area (Å²) in [6.45, 7) is 4.41. The fourth-order valence-electron chi connectivity index (χ4n) is 0.838. The van der Waals surface area contributed by atoms with Gasteiger partial charge in [0.25, 0.3) is 0 Å². The van der Waals surface area contributed by atoms with Crippen molar-refractivity contribution in [2.24, 2.45) is 11.7 Å². The highest BCUT2D eigenvalue weighted by atomic mass is 15.0. The summed E-state index contributed by atoms with van der Waals surface area (Å²) >= 11 is 0. The SMILES string of the molecule is CC(C)c1ccccc1.NN. The van der Waals surface area contributed by atoms with Gasteiger partial charge in [-0.3, -0.25) is 11.7 Å². The first-order valence-electron chi connectivity index (χ1n) is 3.69. The second-order valence-corrected chi connectivity index (χ2v) is 2.57. The summed E-state index contributed by atoms with van der Waals surface area (Å²) in [6.07, 6.45) is 0. The van der Waals surface area contributed by atoms with Crippen molar-refractivity contribution in [3.05, 3.63) is 35.9 Å². The molecule has 0 aliphatic rings. The first-order valence-corrected chi connectivity index (χ1v) is 3.69. The highest BCUT2D eigenvalue weighted by Crippen LogP contribution is 2.11. The van der Waals surface area contributed by atoms with Crippen LogP contribution in [0.5, 0.6) is 0 Å². The van der Waals surface area contributed by atoms with Gasteiger partial charge < -0.3 is 0 Å². The maximum Gasteiger partial charge on any atom is -0.0219 e. The molecule has 1 aromatic rings. The van der Waals surface area contributed by atoms with Crippen LogP contribution in [0, 0.1) is 0 Å². The van der Waals surface area contributed by atoms with Crippen LogP contribution in [-0.4, -0.2) is 0 Å². The van der Waals surface area contributed by atoms with Crippen molar-refractivity contribution >= 4 is 0 Å². The quantitative estimate of drug-likeness (QED) is 0.474. The van der Waals surface area contributed by atoms with E-state index in [-0.39, 0.29) is 0 Å². The van der Waals surface area contributed by atoms with Crippen molar-refractivity contribution in [1.82, 2.24) is 0 Å². The standard InChI is InChI=1S/C9H12.H4N2/c1-8(2)9-6-4-3-5-7-9;1-2/h3-8H,1-2H3;1-2H2. The highest BCUT2D eigenvalue weighted by molar-refractivity contribution is 5.17. The number of benzene rings is 1. The van der Waals surface area contributed by atoms with Crippen LogP contribution >= 0.6 is 0 Å². The summed E-state index contributed by atoms with van der Waals surface area (Å²) in [5.74, 6) is 8.66. The molecule has 0 fully saturated rings. The maximum absolute atomic E-state index is 4.00. The van der Waals surface area contributed by atoms with Gasteiger partial charge in [-0.1, -0.05) is 44.2 Å². The summed E-state index contributed by atoms with van der Waals surface area (Å²) < 4.78 is 0. The predicted octanol–water partition coefficient (Wildman–Crippen LogP) is 1.63. The molecule has 0 saturated carbocycles. The first-order chi connectivity index (χ1) is 5.30. The fourth-order valence-corrected chi connectivity index (χ4v) is 0.838. The maximum atomic E-state index is 4.00. The van der Waals surface area contributed by atoms with E-state index in [1.165, 1.54) is 5.56 Å². The van der Waals surface area contributed by atoms with E-state index in [2.05, 4.69) is 49.8 Å².